The van der Waals surface area contributed by atoms with Crippen LogP contribution in [0, 0.1) is 17.7 Å². The van der Waals surface area contributed by atoms with Gasteiger partial charge in [-0.3, -0.25) is 9.59 Å². The normalized spacial score (nSPS) is 20.8. The van der Waals surface area contributed by atoms with Gasteiger partial charge in [0.15, 0.2) is 0 Å². The van der Waals surface area contributed by atoms with Crippen LogP contribution in [0.5, 0.6) is 0 Å². The van der Waals surface area contributed by atoms with Crippen molar-refractivity contribution < 1.29 is 18.7 Å². The summed E-state index contributed by atoms with van der Waals surface area (Å²) in [6.07, 6.45) is 2.75. The SMILES string of the molecule is COC(=O)CC(NC(=O)[C@@H]1CCC[C@@H]1CN)c1ccc(F)cc1.Cl. The van der Waals surface area contributed by atoms with Gasteiger partial charge in [0.1, 0.15) is 5.82 Å². The zero-order valence-corrected chi connectivity index (χ0v) is 14.5. The van der Waals surface area contributed by atoms with Crippen molar-refractivity contribution in [2.45, 2.75) is 31.7 Å². The molecule has 5 nitrogen and oxygen atoms in total. The summed E-state index contributed by atoms with van der Waals surface area (Å²) in [5, 5.41) is 2.91. The van der Waals surface area contributed by atoms with E-state index < -0.39 is 12.0 Å². The number of rotatable bonds is 6. The van der Waals surface area contributed by atoms with Crippen LogP contribution in [0.25, 0.3) is 0 Å². The van der Waals surface area contributed by atoms with Gasteiger partial charge in [-0.05, 0) is 43.0 Å². The largest absolute Gasteiger partial charge is 0.469 e. The first-order chi connectivity index (χ1) is 11.0. The molecule has 134 valence electrons. The zero-order chi connectivity index (χ0) is 16.8. The van der Waals surface area contributed by atoms with Gasteiger partial charge in [0.2, 0.25) is 5.91 Å². The number of halogens is 2. The van der Waals surface area contributed by atoms with Gasteiger partial charge in [-0.1, -0.05) is 18.6 Å². The lowest BCUT2D eigenvalue weighted by molar-refractivity contribution is -0.141. The van der Waals surface area contributed by atoms with Gasteiger partial charge < -0.3 is 15.8 Å². The monoisotopic (exact) mass is 358 g/mol. The van der Waals surface area contributed by atoms with E-state index in [9.17, 15) is 14.0 Å². The third-order valence-corrected chi connectivity index (χ3v) is 4.49. The molecule has 2 rings (SSSR count). The van der Waals surface area contributed by atoms with E-state index >= 15 is 0 Å². The van der Waals surface area contributed by atoms with Crippen LogP contribution in [0.1, 0.15) is 37.3 Å². The number of benzene rings is 1. The van der Waals surface area contributed by atoms with Crippen LogP contribution >= 0.6 is 12.4 Å². The summed E-state index contributed by atoms with van der Waals surface area (Å²) >= 11 is 0. The van der Waals surface area contributed by atoms with E-state index in [1.165, 1.54) is 19.2 Å². The smallest absolute Gasteiger partial charge is 0.307 e. The number of esters is 1. The van der Waals surface area contributed by atoms with Crippen LogP contribution in [-0.4, -0.2) is 25.5 Å². The molecule has 0 saturated heterocycles. The quantitative estimate of drug-likeness (QED) is 0.765. The minimum atomic E-state index is -0.533. The molecule has 1 aromatic carbocycles. The molecule has 1 saturated carbocycles. The van der Waals surface area contributed by atoms with Gasteiger partial charge in [-0.2, -0.15) is 0 Å². The van der Waals surface area contributed by atoms with E-state index in [4.69, 9.17) is 10.5 Å². The number of carbonyl (C=O) groups is 2. The lowest BCUT2D eigenvalue weighted by Crippen LogP contribution is -2.38. The lowest BCUT2D eigenvalue weighted by Gasteiger charge is -2.23. The maximum absolute atomic E-state index is 13.1. The molecule has 0 radical (unpaired) electrons. The Morgan fingerprint density at radius 1 is 1.33 bits per heavy atom. The van der Waals surface area contributed by atoms with Crippen LogP contribution in [0.15, 0.2) is 24.3 Å². The molecule has 7 heteroatoms. The first-order valence-corrected chi connectivity index (χ1v) is 7.88. The summed E-state index contributed by atoms with van der Waals surface area (Å²) in [7, 11) is 1.30. The Hall–Kier alpha value is -1.66. The molecule has 0 aliphatic heterocycles. The van der Waals surface area contributed by atoms with Crippen molar-refractivity contribution in [1.29, 1.82) is 0 Å². The number of carbonyl (C=O) groups excluding carboxylic acids is 2. The second-order valence-corrected chi connectivity index (χ2v) is 5.93. The van der Waals surface area contributed by atoms with Crippen LogP contribution < -0.4 is 11.1 Å². The summed E-state index contributed by atoms with van der Waals surface area (Å²) < 4.78 is 17.8. The maximum Gasteiger partial charge on any atom is 0.307 e. The number of nitrogens with one attached hydrogen (secondary N) is 1. The Balaban J connectivity index is 0.00000288. The average molecular weight is 359 g/mol. The number of hydrogen-bond acceptors (Lipinski definition) is 4. The topological polar surface area (TPSA) is 81.4 Å². The molecule has 1 unspecified atom stereocenters. The van der Waals surface area contributed by atoms with Crippen molar-refractivity contribution in [2.24, 2.45) is 17.6 Å². The number of hydrogen-bond donors (Lipinski definition) is 2. The van der Waals surface area contributed by atoms with Gasteiger partial charge in [0.05, 0.1) is 19.6 Å². The fraction of sp³-hybridized carbons (Fsp3) is 0.529. The van der Waals surface area contributed by atoms with Crippen molar-refractivity contribution in [1.82, 2.24) is 5.32 Å². The Kier molecular flexibility index (Phi) is 8.15. The highest BCUT2D eigenvalue weighted by Gasteiger charge is 2.33. The van der Waals surface area contributed by atoms with E-state index in [2.05, 4.69) is 5.32 Å². The van der Waals surface area contributed by atoms with E-state index in [0.717, 1.165) is 19.3 Å². The predicted molar refractivity (Wildman–Crippen MR) is 91.1 cm³/mol. The standard InChI is InChI=1S/C17H23FN2O3.ClH/c1-23-16(21)9-15(11-5-7-13(18)8-6-11)20-17(22)14-4-2-3-12(14)10-19;/h5-8,12,14-15H,2-4,9-10,19H2,1H3,(H,20,22);1H/t12-,14-,15?;/m1./s1. The van der Waals surface area contributed by atoms with Gasteiger partial charge in [0.25, 0.3) is 0 Å². The van der Waals surface area contributed by atoms with Crippen LogP contribution in [0.4, 0.5) is 4.39 Å². The number of nitrogens with two attached hydrogens (primary N) is 1. The Morgan fingerprint density at radius 2 is 2.00 bits per heavy atom. The first kappa shape index (κ1) is 20.4. The van der Waals surface area contributed by atoms with Crippen molar-refractivity contribution in [3.8, 4) is 0 Å². The fourth-order valence-electron chi connectivity index (χ4n) is 3.14. The van der Waals surface area contributed by atoms with E-state index in [-0.39, 0.29) is 42.4 Å². The Labute approximate surface area is 147 Å². The van der Waals surface area contributed by atoms with Gasteiger partial charge in [-0.15, -0.1) is 12.4 Å². The van der Waals surface area contributed by atoms with E-state index in [1.54, 1.807) is 12.1 Å². The minimum Gasteiger partial charge on any atom is -0.469 e. The molecule has 0 aromatic heterocycles. The molecule has 0 bridgehead atoms. The Morgan fingerprint density at radius 3 is 2.58 bits per heavy atom. The molecular weight excluding hydrogens is 335 g/mol. The second kappa shape index (κ2) is 9.59. The van der Waals surface area contributed by atoms with Gasteiger partial charge in [-0.25, -0.2) is 4.39 Å². The highest BCUT2D eigenvalue weighted by molar-refractivity contribution is 5.85. The highest BCUT2D eigenvalue weighted by Crippen LogP contribution is 2.32. The van der Waals surface area contributed by atoms with Crippen molar-refractivity contribution >= 4 is 24.3 Å². The van der Waals surface area contributed by atoms with Crippen molar-refractivity contribution in [2.75, 3.05) is 13.7 Å². The summed E-state index contributed by atoms with van der Waals surface area (Å²) in [4.78, 5) is 24.2. The second-order valence-electron chi connectivity index (χ2n) is 5.93. The van der Waals surface area contributed by atoms with E-state index in [0.29, 0.717) is 12.1 Å². The van der Waals surface area contributed by atoms with Crippen LogP contribution in [0.3, 0.4) is 0 Å². The molecule has 0 spiro atoms. The van der Waals surface area contributed by atoms with E-state index in [1.807, 2.05) is 0 Å². The molecule has 0 heterocycles. The minimum absolute atomic E-state index is 0. The first-order valence-electron chi connectivity index (χ1n) is 7.88. The van der Waals surface area contributed by atoms with Gasteiger partial charge >= 0.3 is 5.97 Å². The number of methoxy groups -OCH3 is 1. The number of ether oxygens (including phenoxy) is 1. The molecule has 1 aromatic rings. The molecule has 24 heavy (non-hydrogen) atoms. The Bertz CT molecular complexity index is 553. The third-order valence-electron chi connectivity index (χ3n) is 4.49. The fourth-order valence-corrected chi connectivity index (χ4v) is 3.14. The van der Waals surface area contributed by atoms with Crippen LogP contribution in [-0.2, 0) is 14.3 Å². The van der Waals surface area contributed by atoms with Gasteiger partial charge in [0, 0.05) is 5.92 Å². The summed E-state index contributed by atoms with van der Waals surface area (Å²) in [5.41, 5.74) is 6.40. The van der Waals surface area contributed by atoms with Crippen molar-refractivity contribution in [3.05, 3.63) is 35.6 Å². The molecule has 1 aliphatic carbocycles. The predicted octanol–water partition coefficient (Wildman–Crippen LogP) is 2.34. The molecule has 3 atom stereocenters. The molecule has 3 N–H and O–H groups in total. The summed E-state index contributed by atoms with van der Waals surface area (Å²) in [5.74, 6) is -0.837. The summed E-state index contributed by atoms with van der Waals surface area (Å²) in [6.45, 7) is 0.482. The lowest BCUT2D eigenvalue weighted by atomic mass is 9.94. The summed E-state index contributed by atoms with van der Waals surface area (Å²) in [6, 6.07) is 5.22. The number of amides is 1. The molecular formula is C17H24ClFN2O3. The highest BCUT2D eigenvalue weighted by atomic mass is 35.5. The third kappa shape index (κ3) is 5.18. The van der Waals surface area contributed by atoms with Crippen molar-refractivity contribution in [3.63, 3.8) is 0 Å². The molecule has 1 amide bonds. The maximum atomic E-state index is 13.1. The molecule has 1 fully saturated rings. The zero-order valence-electron chi connectivity index (χ0n) is 13.7. The van der Waals surface area contributed by atoms with Crippen LogP contribution in [0.2, 0.25) is 0 Å². The molecule has 1 aliphatic rings. The average Bonchev–Trinajstić information content (AvgIpc) is 3.03.